The van der Waals surface area contributed by atoms with Crippen LogP contribution < -0.4 is 0 Å². The van der Waals surface area contributed by atoms with Crippen LogP contribution >= 0.6 is 15.9 Å². The number of rotatable bonds is 3. The summed E-state index contributed by atoms with van der Waals surface area (Å²) in [5.74, 6) is 0. The van der Waals surface area contributed by atoms with Crippen molar-refractivity contribution < 1.29 is 8.42 Å². The Kier molecular flexibility index (Phi) is 3.73. The third-order valence-corrected chi connectivity index (χ3v) is 6.75. The van der Waals surface area contributed by atoms with E-state index in [0.717, 1.165) is 50.4 Å². The maximum Gasteiger partial charge on any atom is 0.217 e. The van der Waals surface area contributed by atoms with Crippen molar-refractivity contribution in [2.75, 3.05) is 11.9 Å². The Balaban J connectivity index is 2.13. The van der Waals surface area contributed by atoms with E-state index in [4.69, 9.17) is 0 Å². The molecule has 0 amide bonds. The molecule has 88 valence electrons. The first-order valence-corrected chi connectivity index (χ1v) is 8.35. The molecule has 1 saturated heterocycles. The number of halogens is 1. The van der Waals surface area contributed by atoms with E-state index in [1.54, 1.807) is 4.31 Å². The maximum atomic E-state index is 12.3. The van der Waals surface area contributed by atoms with E-state index in [9.17, 15) is 8.42 Å². The minimum Gasteiger partial charge on any atom is -0.212 e. The molecule has 1 aliphatic carbocycles. The largest absolute Gasteiger partial charge is 0.217 e. The summed E-state index contributed by atoms with van der Waals surface area (Å²) in [6.45, 7) is 0.731. The molecule has 15 heavy (non-hydrogen) atoms. The lowest BCUT2D eigenvalue weighted by Gasteiger charge is -2.25. The molecule has 1 unspecified atom stereocenters. The molecule has 5 heteroatoms. The maximum absolute atomic E-state index is 12.3. The summed E-state index contributed by atoms with van der Waals surface area (Å²) in [7, 11) is -3.00. The molecule has 0 aromatic carbocycles. The van der Waals surface area contributed by atoms with Gasteiger partial charge in [-0.15, -0.1) is 0 Å². The molecule has 1 aliphatic heterocycles. The van der Waals surface area contributed by atoms with Gasteiger partial charge in [-0.25, -0.2) is 8.42 Å². The van der Waals surface area contributed by atoms with Crippen molar-refractivity contribution in [1.29, 1.82) is 0 Å². The zero-order chi connectivity index (χ0) is 10.9. The molecule has 1 saturated carbocycles. The number of alkyl halides is 1. The number of hydrogen-bond acceptors (Lipinski definition) is 2. The summed E-state index contributed by atoms with van der Waals surface area (Å²) in [5, 5.41) is 0.691. The lowest BCUT2D eigenvalue weighted by Crippen LogP contribution is -2.41. The minimum atomic E-state index is -3.00. The fourth-order valence-corrected chi connectivity index (χ4v) is 5.83. The van der Waals surface area contributed by atoms with E-state index in [2.05, 4.69) is 15.9 Å². The monoisotopic (exact) mass is 295 g/mol. The summed E-state index contributed by atoms with van der Waals surface area (Å²) in [6, 6.07) is 0.204. The van der Waals surface area contributed by atoms with Crippen LogP contribution in [0, 0.1) is 0 Å². The van der Waals surface area contributed by atoms with Crippen molar-refractivity contribution in [3.8, 4) is 0 Å². The van der Waals surface area contributed by atoms with Gasteiger partial charge in [0.1, 0.15) is 0 Å². The fraction of sp³-hybridized carbons (Fsp3) is 1.00. The van der Waals surface area contributed by atoms with Crippen LogP contribution in [0.1, 0.15) is 38.5 Å². The number of nitrogens with zero attached hydrogens (tertiary/aromatic N) is 1. The Hall–Kier alpha value is 0.390. The van der Waals surface area contributed by atoms with Crippen molar-refractivity contribution in [2.24, 2.45) is 0 Å². The average molecular weight is 296 g/mol. The van der Waals surface area contributed by atoms with Gasteiger partial charge in [-0.05, 0) is 25.7 Å². The van der Waals surface area contributed by atoms with E-state index < -0.39 is 10.0 Å². The second kappa shape index (κ2) is 4.72. The molecule has 0 radical (unpaired) electrons. The van der Waals surface area contributed by atoms with Crippen LogP contribution in [0.2, 0.25) is 0 Å². The van der Waals surface area contributed by atoms with Crippen molar-refractivity contribution in [3.63, 3.8) is 0 Å². The molecule has 1 atom stereocenters. The van der Waals surface area contributed by atoms with Crippen LogP contribution in [0.25, 0.3) is 0 Å². The van der Waals surface area contributed by atoms with Crippen molar-refractivity contribution >= 4 is 26.0 Å². The molecule has 0 aromatic heterocycles. The van der Waals surface area contributed by atoms with Crippen LogP contribution in [0.4, 0.5) is 0 Å². The third kappa shape index (κ3) is 2.24. The van der Waals surface area contributed by atoms with E-state index in [-0.39, 0.29) is 11.3 Å². The molecule has 2 fully saturated rings. The van der Waals surface area contributed by atoms with Gasteiger partial charge in [0.25, 0.3) is 0 Å². The molecule has 0 aromatic rings. The highest BCUT2D eigenvalue weighted by molar-refractivity contribution is 9.09. The predicted molar refractivity (Wildman–Crippen MR) is 64.7 cm³/mol. The molecule has 3 nitrogen and oxygen atoms in total. The highest BCUT2D eigenvalue weighted by Gasteiger charge is 2.39. The first kappa shape index (κ1) is 11.9. The quantitative estimate of drug-likeness (QED) is 0.748. The van der Waals surface area contributed by atoms with Gasteiger partial charge in [-0.1, -0.05) is 28.8 Å². The minimum absolute atomic E-state index is 0.0860. The topological polar surface area (TPSA) is 37.4 Å². The Morgan fingerprint density at radius 2 is 1.80 bits per heavy atom. The Bertz CT molecular complexity index is 311. The summed E-state index contributed by atoms with van der Waals surface area (Å²) in [4.78, 5) is 0. The van der Waals surface area contributed by atoms with E-state index in [1.165, 1.54) is 0 Å². The lowest BCUT2D eigenvalue weighted by molar-refractivity contribution is 0.405. The van der Waals surface area contributed by atoms with Crippen LogP contribution in [0.3, 0.4) is 0 Å². The molecule has 2 rings (SSSR count). The van der Waals surface area contributed by atoms with Crippen LogP contribution in [-0.4, -0.2) is 35.9 Å². The van der Waals surface area contributed by atoms with Gasteiger partial charge in [0.2, 0.25) is 10.0 Å². The first-order valence-electron chi connectivity index (χ1n) is 5.73. The van der Waals surface area contributed by atoms with E-state index in [0.29, 0.717) is 0 Å². The summed E-state index contributed by atoms with van der Waals surface area (Å²) in [5.41, 5.74) is 0. The third-order valence-electron chi connectivity index (χ3n) is 3.55. The first-order chi connectivity index (χ1) is 7.16. The lowest BCUT2D eigenvalue weighted by atomic mass is 10.3. The van der Waals surface area contributed by atoms with Crippen LogP contribution in [-0.2, 0) is 10.0 Å². The highest BCUT2D eigenvalue weighted by Crippen LogP contribution is 2.31. The standard InChI is InChI=1S/C10H18BrNO2S/c11-8-9-4-3-7-12(9)15(13,14)10-5-1-2-6-10/h9-10H,1-8H2. The normalized spacial score (nSPS) is 30.1. The van der Waals surface area contributed by atoms with Crippen molar-refractivity contribution in [1.82, 2.24) is 4.31 Å². The van der Waals surface area contributed by atoms with Gasteiger partial charge in [-0.3, -0.25) is 0 Å². The Morgan fingerprint density at radius 1 is 1.13 bits per heavy atom. The second-order valence-electron chi connectivity index (χ2n) is 4.51. The zero-order valence-corrected chi connectivity index (χ0v) is 11.3. The summed E-state index contributed by atoms with van der Waals surface area (Å²) < 4.78 is 26.4. The van der Waals surface area contributed by atoms with Gasteiger partial charge in [-0.2, -0.15) is 4.31 Å². The van der Waals surface area contributed by atoms with E-state index in [1.807, 2.05) is 0 Å². The molecule has 1 heterocycles. The molecular weight excluding hydrogens is 278 g/mol. The molecular formula is C10H18BrNO2S. The van der Waals surface area contributed by atoms with Crippen molar-refractivity contribution in [2.45, 2.75) is 49.8 Å². The number of hydrogen-bond donors (Lipinski definition) is 0. The highest BCUT2D eigenvalue weighted by atomic mass is 79.9. The van der Waals surface area contributed by atoms with Gasteiger partial charge < -0.3 is 0 Å². The fourth-order valence-electron chi connectivity index (χ4n) is 2.68. The van der Waals surface area contributed by atoms with Gasteiger partial charge in [0, 0.05) is 17.9 Å². The number of sulfonamides is 1. The van der Waals surface area contributed by atoms with Crippen LogP contribution in [0.5, 0.6) is 0 Å². The predicted octanol–water partition coefficient (Wildman–Crippen LogP) is 2.12. The zero-order valence-electron chi connectivity index (χ0n) is 8.86. The summed E-state index contributed by atoms with van der Waals surface area (Å²) >= 11 is 3.41. The molecule has 2 aliphatic rings. The van der Waals surface area contributed by atoms with Gasteiger partial charge >= 0.3 is 0 Å². The Labute approximate surface area is 100 Å². The smallest absolute Gasteiger partial charge is 0.212 e. The van der Waals surface area contributed by atoms with Gasteiger partial charge in [0.15, 0.2) is 0 Å². The van der Waals surface area contributed by atoms with Gasteiger partial charge in [0.05, 0.1) is 5.25 Å². The van der Waals surface area contributed by atoms with Crippen molar-refractivity contribution in [3.05, 3.63) is 0 Å². The average Bonchev–Trinajstić information content (AvgIpc) is 2.89. The SMILES string of the molecule is O=S(=O)(C1CCCC1)N1CCCC1CBr. The molecule has 0 N–H and O–H groups in total. The van der Waals surface area contributed by atoms with E-state index >= 15 is 0 Å². The second-order valence-corrected chi connectivity index (χ2v) is 7.33. The van der Waals surface area contributed by atoms with Crippen LogP contribution in [0.15, 0.2) is 0 Å². The molecule has 0 bridgehead atoms. The summed E-state index contributed by atoms with van der Waals surface area (Å²) in [6.07, 6.45) is 5.93. The Morgan fingerprint density at radius 3 is 2.40 bits per heavy atom. The molecule has 0 spiro atoms.